The Hall–Kier alpha value is -0.530. The van der Waals surface area contributed by atoms with Crippen LogP contribution in [0.2, 0.25) is 0 Å². The summed E-state index contributed by atoms with van der Waals surface area (Å²) < 4.78 is 5.04. The number of hydrogen-bond acceptors (Lipinski definition) is 2. The van der Waals surface area contributed by atoms with Crippen molar-refractivity contribution >= 4 is 5.97 Å². The van der Waals surface area contributed by atoms with E-state index >= 15 is 0 Å². The van der Waals surface area contributed by atoms with Gasteiger partial charge in [-0.25, -0.2) is 0 Å². The van der Waals surface area contributed by atoms with Crippen LogP contribution < -0.4 is 0 Å². The van der Waals surface area contributed by atoms with Gasteiger partial charge in [0.15, 0.2) is 0 Å². The van der Waals surface area contributed by atoms with Crippen LogP contribution in [0.15, 0.2) is 0 Å². The predicted molar refractivity (Wildman–Crippen MR) is 164 cm³/mol. The maximum absolute atomic E-state index is 12.1. The van der Waals surface area contributed by atoms with Gasteiger partial charge in [0, 0.05) is 0 Å². The van der Waals surface area contributed by atoms with Gasteiger partial charge >= 0.3 is 5.97 Å². The molecule has 0 aromatic rings. The first-order valence-corrected chi connectivity index (χ1v) is 15.9. The highest BCUT2D eigenvalue weighted by Gasteiger charge is 2.38. The molecular formula is C35H70O2. The third kappa shape index (κ3) is 9.27. The molecule has 0 saturated carbocycles. The smallest absolute Gasteiger partial charge is 0.308 e. The summed E-state index contributed by atoms with van der Waals surface area (Å²) in [5.74, 6) is 9.65. The fourth-order valence-electron chi connectivity index (χ4n) is 7.21. The molecule has 0 aliphatic heterocycles. The molecule has 0 N–H and O–H groups in total. The molecule has 2 nitrogen and oxygen atoms in total. The van der Waals surface area contributed by atoms with Gasteiger partial charge in [0.2, 0.25) is 0 Å². The molecule has 2 heteroatoms. The normalized spacial score (nSPS) is 24.8. The quantitative estimate of drug-likeness (QED) is 0.188. The van der Waals surface area contributed by atoms with E-state index in [9.17, 15) is 4.79 Å². The van der Waals surface area contributed by atoms with Crippen LogP contribution in [0.25, 0.3) is 0 Å². The first-order chi connectivity index (χ1) is 16.8. The van der Waals surface area contributed by atoms with E-state index in [0.717, 1.165) is 29.6 Å². The van der Waals surface area contributed by atoms with Gasteiger partial charge in [-0.3, -0.25) is 4.79 Å². The van der Waals surface area contributed by atoms with Gasteiger partial charge in [0.25, 0.3) is 0 Å². The van der Waals surface area contributed by atoms with Gasteiger partial charge in [-0.1, -0.05) is 118 Å². The number of carbonyl (C=O) groups is 1. The van der Waals surface area contributed by atoms with Gasteiger partial charge in [0.05, 0.1) is 13.0 Å². The number of carbonyl (C=O) groups excluding carboxylic acids is 1. The average Bonchev–Trinajstić information content (AvgIpc) is 2.89. The lowest BCUT2D eigenvalue weighted by Gasteiger charge is -2.43. The Kier molecular flexibility index (Phi) is 15.7. The van der Waals surface area contributed by atoms with Crippen molar-refractivity contribution in [2.75, 3.05) is 7.11 Å². The van der Waals surface area contributed by atoms with E-state index < -0.39 is 0 Å². The molecule has 0 saturated heterocycles. The summed E-state index contributed by atoms with van der Waals surface area (Å²) in [4.78, 5) is 12.1. The highest BCUT2D eigenvalue weighted by molar-refractivity contribution is 5.72. The summed E-state index contributed by atoms with van der Waals surface area (Å²) >= 11 is 0. The Bertz CT molecular complexity index is 641. The molecule has 0 fully saturated rings. The standard InChI is InChI=1S/C35H70O2/c1-19(2)20(3)21(4)22(5)23(6)24(7)25(8)26(9)27(10)28(11)29(12)30(13)31(14)32(15)33(16)34(17)35(36)37-18/h19-34H,1-18H3/t20-,21+,22-,23+,24-,25+,26+,27+,28+,29-,30+,31-,32+,33-,34+/m1/s1. The van der Waals surface area contributed by atoms with E-state index in [1.54, 1.807) is 0 Å². The van der Waals surface area contributed by atoms with E-state index in [2.05, 4.69) is 111 Å². The van der Waals surface area contributed by atoms with Crippen LogP contribution >= 0.6 is 0 Å². The van der Waals surface area contributed by atoms with Gasteiger partial charge in [0.1, 0.15) is 0 Å². The van der Waals surface area contributed by atoms with Crippen LogP contribution in [0.5, 0.6) is 0 Å². The van der Waals surface area contributed by atoms with Crippen molar-refractivity contribution in [3.63, 3.8) is 0 Å². The molecule has 0 heterocycles. The SMILES string of the molecule is COC(=O)[C@@H](C)[C@H](C)[C@@H](C)[C@H](C)[C@@H](C)[C@H](C)[C@@H](C)[C@@H](C)[C@@H](C)[C@@H](C)[C@H](C)[C@@H](C)[C@H](C)[C@@H](C)[C@H](C)C(C)C. The topological polar surface area (TPSA) is 26.3 Å². The molecule has 0 amide bonds. The Morgan fingerprint density at radius 2 is 0.541 bits per heavy atom. The average molecular weight is 523 g/mol. The van der Waals surface area contributed by atoms with Crippen LogP contribution in [-0.2, 0) is 9.53 Å². The molecular weight excluding hydrogens is 452 g/mol. The molecule has 0 radical (unpaired) electrons. The zero-order valence-electron chi connectivity index (χ0n) is 28.6. The van der Waals surface area contributed by atoms with E-state index in [4.69, 9.17) is 4.74 Å². The molecule has 15 atom stereocenters. The zero-order valence-corrected chi connectivity index (χ0v) is 28.6. The second-order valence-electron chi connectivity index (χ2n) is 14.6. The largest absolute Gasteiger partial charge is 0.469 e. The molecule has 0 rings (SSSR count). The number of hydrogen-bond donors (Lipinski definition) is 0. The Morgan fingerprint density at radius 1 is 0.351 bits per heavy atom. The van der Waals surface area contributed by atoms with Crippen LogP contribution in [0.1, 0.15) is 118 Å². The summed E-state index contributed by atoms with van der Waals surface area (Å²) in [5.41, 5.74) is 0. The third-order valence-electron chi connectivity index (χ3n) is 13.2. The summed E-state index contributed by atoms with van der Waals surface area (Å²) in [5, 5.41) is 0. The van der Waals surface area contributed by atoms with Gasteiger partial charge in [-0.05, 0) is 88.8 Å². The van der Waals surface area contributed by atoms with Crippen LogP contribution in [0.3, 0.4) is 0 Å². The minimum absolute atomic E-state index is 0.0562. The fourth-order valence-corrected chi connectivity index (χ4v) is 7.21. The van der Waals surface area contributed by atoms with Crippen LogP contribution in [-0.4, -0.2) is 13.1 Å². The minimum Gasteiger partial charge on any atom is -0.469 e. The summed E-state index contributed by atoms with van der Waals surface area (Å²) in [6, 6.07) is 0. The van der Waals surface area contributed by atoms with Crippen molar-refractivity contribution in [2.45, 2.75) is 118 Å². The van der Waals surface area contributed by atoms with E-state index in [1.165, 1.54) is 7.11 Å². The molecule has 0 unspecified atom stereocenters. The van der Waals surface area contributed by atoms with Crippen molar-refractivity contribution in [3.8, 4) is 0 Å². The van der Waals surface area contributed by atoms with Gasteiger partial charge in [-0.2, -0.15) is 0 Å². The summed E-state index contributed by atoms with van der Waals surface area (Å²) in [6.45, 7) is 41.2. The third-order valence-corrected chi connectivity index (χ3v) is 13.2. The van der Waals surface area contributed by atoms with Gasteiger partial charge < -0.3 is 4.74 Å². The van der Waals surface area contributed by atoms with Crippen molar-refractivity contribution in [1.29, 1.82) is 0 Å². The van der Waals surface area contributed by atoms with Crippen LogP contribution in [0.4, 0.5) is 0 Å². The molecule has 0 aliphatic rings. The zero-order chi connectivity index (χ0) is 29.5. The molecule has 0 aromatic heterocycles. The monoisotopic (exact) mass is 523 g/mol. The molecule has 0 spiro atoms. The lowest BCUT2D eigenvalue weighted by Crippen LogP contribution is -2.37. The molecule has 37 heavy (non-hydrogen) atoms. The van der Waals surface area contributed by atoms with Crippen molar-refractivity contribution < 1.29 is 9.53 Å². The Labute approximate surface area is 234 Å². The number of rotatable bonds is 16. The van der Waals surface area contributed by atoms with E-state index in [1.807, 2.05) is 6.92 Å². The van der Waals surface area contributed by atoms with Crippen molar-refractivity contribution in [1.82, 2.24) is 0 Å². The lowest BCUT2D eigenvalue weighted by molar-refractivity contribution is -0.147. The Morgan fingerprint density at radius 3 is 0.730 bits per heavy atom. The van der Waals surface area contributed by atoms with Gasteiger partial charge in [-0.15, -0.1) is 0 Å². The summed E-state index contributed by atoms with van der Waals surface area (Å²) in [6.07, 6.45) is 0. The van der Waals surface area contributed by atoms with Crippen molar-refractivity contribution in [2.24, 2.45) is 94.7 Å². The second kappa shape index (κ2) is 15.9. The maximum atomic E-state index is 12.1. The first kappa shape index (κ1) is 36.5. The highest BCUT2D eigenvalue weighted by atomic mass is 16.5. The number of esters is 1. The lowest BCUT2D eigenvalue weighted by atomic mass is 9.62. The minimum atomic E-state index is -0.0808. The van der Waals surface area contributed by atoms with E-state index in [-0.39, 0.29) is 11.9 Å². The van der Waals surface area contributed by atoms with Crippen molar-refractivity contribution in [3.05, 3.63) is 0 Å². The molecule has 222 valence electrons. The van der Waals surface area contributed by atoms with E-state index in [0.29, 0.717) is 59.2 Å². The van der Waals surface area contributed by atoms with Crippen LogP contribution in [0, 0.1) is 94.7 Å². The molecule has 0 bridgehead atoms. The number of methoxy groups -OCH3 is 1. The summed E-state index contributed by atoms with van der Waals surface area (Å²) in [7, 11) is 1.50. The molecule has 0 aromatic carbocycles. The second-order valence-corrected chi connectivity index (χ2v) is 14.6. The molecule has 0 aliphatic carbocycles. The highest BCUT2D eigenvalue weighted by Crippen LogP contribution is 2.44. The number of ether oxygens (including phenoxy) is 1. The maximum Gasteiger partial charge on any atom is 0.308 e. The first-order valence-electron chi connectivity index (χ1n) is 15.9. The Balaban J connectivity index is 5.35. The predicted octanol–water partition coefficient (Wildman–Crippen LogP) is 10.4. The fraction of sp³-hybridized carbons (Fsp3) is 0.971.